The smallest absolute Gasteiger partial charge is 0.307 e. The molecule has 0 atom stereocenters. The minimum atomic E-state index is -0.0950. The molecular weight excluding hydrogens is 251 g/mol. The zero-order valence-corrected chi connectivity index (χ0v) is 11.3. The molecule has 0 spiro atoms. The number of esters is 1. The lowest BCUT2D eigenvalue weighted by Gasteiger charge is -2.29. The molecule has 4 nitrogen and oxygen atoms in total. The molecule has 0 aromatic carbocycles. The number of ether oxygens (including phenoxy) is 1. The van der Waals surface area contributed by atoms with Crippen LogP contribution in [0.2, 0.25) is 0 Å². The van der Waals surface area contributed by atoms with Crippen molar-refractivity contribution >= 4 is 30.8 Å². The highest BCUT2D eigenvalue weighted by molar-refractivity contribution is 5.85. The highest BCUT2D eigenvalue weighted by Crippen LogP contribution is 2.08. The molecule has 16 heavy (non-hydrogen) atoms. The molecule has 1 aliphatic heterocycles. The number of piperidine rings is 1. The van der Waals surface area contributed by atoms with E-state index >= 15 is 0 Å². The van der Waals surface area contributed by atoms with Gasteiger partial charge >= 0.3 is 5.97 Å². The molecule has 1 rings (SSSR count). The lowest BCUT2D eigenvalue weighted by atomic mass is 10.1. The number of nitrogens with two attached hydrogens (primary N) is 1. The van der Waals surface area contributed by atoms with Gasteiger partial charge in [0.1, 0.15) is 0 Å². The fourth-order valence-electron chi connectivity index (χ4n) is 1.66. The van der Waals surface area contributed by atoms with E-state index in [0.717, 1.165) is 32.5 Å². The summed E-state index contributed by atoms with van der Waals surface area (Å²) in [5, 5.41) is 0. The van der Waals surface area contributed by atoms with E-state index in [-0.39, 0.29) is 30.8 Å². The zero-order valence-electron chi connectivity index (χ0n) is 9.68. The van der Waals surface area contributed by atoms with Gasteiger partial charge in [0.05, 0.1) is 13.0 Å². The highest BCUT2D eigenvalue weighted by Gasteiger charge is 2.16. The third-order valence-corrected chi connectivity index (χ3v) is 2.57. The molecule has 1 aliphatic rings. The Morgan fingerprint density at radius 1 is 1.38 bits per heavy atom. The molecule has 0 radical (unpaired) electrons. The Morgan fingerprint density at radius 3 is 2.44 bits per heavy atom. The molecule has 0 unspecified atom stereocenters. The van der Waals surface area contributed by atoms with Crippen LogP contribution in [0.25, 0.3) is 0 Å². The Morgan fingerprint density at radius 2 is 1.94 bits per heavy atom. The largest absolute Gasteiger partial charge is 0.466 e. The number of nitrogens with zero attached hydrogens (tertiary/aromatic N) is 1. The summed E-state index contributed by atoms with van der Waals surface area (Å²) in [4.78, 5) is 13.4. The van der Waals surface area contributed by atoms with Crippen molar-refractivity contribution in [3.63, 3.8) is 0 Å². The van der Waals surface area contributed by atoms with Crippen molar-refractivity contribution < 1.29 is 9.53 Å². The van der Waals surface area contributed by atoms with Crippen LogP contribution in [0.1, 0.15) is 26.2 Å². The maximum absolute atomic E-state index is 11.1. The molecule has 1 heterocycles. The Kier molecular flexibility index (Phi) is 11.6. The van der Waals surface area contributed by atoms with E-state index in [1.807, 2.05) is 6.92 Å². The second-order valence-electron chi connectivity index (χ2n) is 3.73. The van der Waals surface area contributed by atoms with Gasteiger partial charge < -0.3 is 15.4 Å². The van der Waals surface area contributed by atoms with Gasteiger partial charge in [-0.1, -0.05) is 0 Å². The van der Waals surface area contributed by atoms with E-state index in [9.17, 15) is 4.79 Å². The summed E-state index contributed by atoms with van der Waals surface area (Å²) in [6.45, 7) is 5.15. The van der Waals surface area contributed by atoms with E-state index in [2.05, 4.69) is 4.90 Å². The number of likely N-dealkylation sites (tertiary alicyclic amines) is 1. The van der Waals surface area contributed by atoms with Crippen molar-refractivity contribution in [2.75, 3.05) is 26.2 Å². The van der Waals surface area contributed by atoms with Crippen LogP contribution < -0.4 is 5.73 Å². The second kappa shape index (κ2) is 10.1. The van der Waals surface area contributed by atoms with Crippen molar-refractivity contribution in [2.24, 2.45) is 5.73 Å². The van der Waals surface area contributed by atoms with Crippen molar-refractivity contribution in [1.82, 2.24) is 4.90 Å². The number of halogens is 2. The predicted octanol–water partition coefficient (Wildman–Crippen LogP) is 1.21. The first kappa shape index (κ1) is 18.3. The van der Waals surface area contributed by atoms with E-state index in [1.165, 1.54) is 0 Å². The quantitative estimate of drug-likeness (QED) is 0.782. The Balaban J connectivity index is 0. The van der Waals surface area contributed by atoms with Gasteiger partial charge in [-0.15, -0.1) is 24.8 Å². The topological polar surface area (TPSA) is 55.6 Å². The van der Waals surface area contributed by atoms with Crippen molar-refractivity contribution in [1.29, 1.82) is 0 Å². The summed E-state index contributed by atoms with van der Waals surface area (Å²) in [6.07, 6.45) is 2.59. The molecule has 0 saturated carbocycles. The molecule has 6 heteroatoms. The van der Waals surface area contributed by atoms with Gasteiger partial charge in [0.25, 0.3) is 0 Å². The van der Waals surface area contributed by atoms with Crippen LogP contribution >= 0.6 is 24.8 Å². The molecule has 0 amide bonds. The van der Waals surface area contributed by atoms with Crippen LogP contribution in [-0.4, -0.2) is 43.2 Å². The summed E-state index contributed by atoms with van der Waals surface area (Å²) in [5.74, 6) is -0.0950. The standard InChI is InChI=1S/C10H20N2O2.2ClH/c1-2-14-10(13)5-8-12-6-3-9(11)4-7-12;;/h9H,2-8,11H2,1H3;2*1H. The summed E-state index contributed by atoms with van der Waals surface area (Å²) in [7, 11) is 0. The molecule has 0 aromatic rings. The van der Waals surface area contributed by atoms with Gasteiger partial charge in [-0.3, -0.25) is 4.79 Å². The minimum absolute atomic E-state index is 0. The molecule has 98 valence electrons. The first-order chi connectivity index (χ1) is 6.72. The van der Waals surface area contributed by atoms with E-state index in [1.54, 1.807) is 0 Å². The van der Waals surface area contributed by atoms with E-state index < -0.39 is 0 Å². The third-order valence-electron chi connectivity index (χ3n) is 2.57. The van der Waals surface area contributed by atoms with Crippen LogP contribution in [0.5, 0.6) is 0 Å². The van der Waals surface area contributed by atoms with Crippen molar-refractivity contribution in [3.05, 3.63) is 0 Å². The SMILES string of the molecule is CCOC(=O)CCN1CCC(N)CC1.Cl.Cl. The fraction of sp³-hybridized carbons (Fsp3) is 0.900. The van der Waals surface area contributed by atoms with Crippen LogP contribution in [0.15, 0.2) is 0 Å². The van der Waals surface area contributed by atoms with Gasteiger partial charge in [-0.2, -0.15) is 0 Å². The fourth-order valence-corrected chi connectivity index (χ4v) is 1.66. The first-order valence-corrected chi connectivity index (χ1v) is 5.36. The normalized spacial score (nSPS) is 17.1. The van der Waals surface area contributed by atoms with Crippen LogP contribution in [0.4, 0.5) is 0 Å². The molecular formula is C10H22Cl2N2O2. The number of hydrogen-bond acceptors (Lipinski definition) is 4. The third kappa shape index (κ3) is 7.28. The van der Waals surface area contributed by atoms with E-state index in [0.29, 0.717) is 19.1 Å². The maximum Gasteiger partial charge on any atom is 0.307 e. The monoisotopic (exact) mass is 272 g/mol. The van der Waals surface area contributed by atoms with Gasteiger partial charge in [0.2, 0.25) is 0 Å². The highest BCUT2D eigenvalue weighted by atomic mass is 35.5. The molecule has 1 saturated heterocycles. The van der Waals surface area contributed by atoms with Crippen LogP contribution in [0.3, 0.4) is 0 Å². The minimum Gasteiger partial charge on any atom is -0.466 e. The lowest BCUT2D eigenvalue weighted by molar-refractivity contribution is -0.143. The van der Waals surface area contributed by atoms with Crippen LogP contribution in [0, 0.1) is 0 Å². The molecule has 1 fully saturated rings. The zero-order chi connectivity index (χ0) is 10.4. The van der Waals surface area contributed by atoms with Gasteiger partial charge in [0, 0.05) is 12.6 Å². The Bertz CT molecular complexity index is 186. The summed E-state index contributed by atoms with van der Waals surface area (Å²) in [6, 6.07) is 0.355. The van der Waals surface area contributed by atoms with Gasteiger partial charge in [-0.05, 0) is 32.9 Å². The number of hydrogen-bond donors (Lipinski definition) is 1. The summed E-state index contributed by atoms with van der Waals surface area (Å²) >= 11 is 0. The van der Waals surface area contributed by atoms with Gasteiger partial charge in [0.15, 0.2) is 0 Å². The van der Waals surface area contributed by atoms with Crippen molar-refractivity contribution in [2.45, 2.75) is 32.2 Å². The predicted molar refractivity (Wildman–Crippen MR) is 69.4 cm³/mol. The first-order valence-electron chi connectivity index (χ1n) is 5.36. The van der Waals surface area contributed by atoms with Gasteiger partial charge in [-0.25, -0.2) is 0 Å². The number of carbonyl (C=O) groups is 1. The average molecular weight is 273 g/mol. The average Bonchev–Trinajstić information content (AvgIpc) is 2.17. The maximum atomic E-state index is 11.1. The van der Waals surface area contributed by atoms with Crippen LogP contribution in [-0.2, 0) is 9.53 Å². The Labute approximate surface area is 110 Å². The molecule has 0 aliphatic carbocycles. The van der Waals surface area contributed by atoms with Crippen molar-refractivity contribution in [3.8, 4) is 0 Å². The Hall–Kier alpha value is -0.0300. The summed E-state index contributed by atoms with van der Waals surface area (Å²) in [5.41, 5.74) is 5.78. The summed E-state index contributed by atoms with van der Waals surface area (Å²) < 4.78 is 4.86. The molecule has 0 bridgehead atoms. The van der Waals surface area contributed by atoms with E-state index in [4.69, 9.17) is 10.5 Å². The molecule has 0 aromatic heterocycles. The lowest BCUT2D eigenvalue weighted by Crippen LogP contribution is -2.40. The number of rotatable bonds is 4. The molecule has 2 N–H and O–H groups in total. The number of carbonyl (C=O) groups excluding carboxylic acids is 1. The second-order valence-corrected chi connectivity index (χ2v) is 3.73.